The van der Waals surface area contributed by atoms with E-state index in [1.165, 1.54) is 16.3 Å². The van der Waals surface area contributed by atoms with E-state index in [9.17, 15) is 4.79 Å². The lowest BCUT2D eigenvalue weighted by Crippen LogP contribution is -2.23. The normalized spacial score (nSPS) is 14.9. The quantitative estimate of drug-likeness (QED) is 0.795. The third-order valence-electron chi connectivity index (χ3n) is 3.35. The SMILES string of the molecule is O=C1CC=CC=CN1Cc1cccc2ccccc12. The van der Waals surface area contributed by atoms with Gasteiger partial charge in [-0.05, 0) is 22.4 Å². The van der Waals surface area contributed by atoms with Gasteiger partial charge >= 0.3 is 0 Å². The Hall–Kier alpha value is -2.35. The molecule has 0 aromatic heterocycles. The summed E-state index contributed by atoms with van der Waals surface area (Å²) in [5.74, 6) is 0.137. The van der Waals surface area contributed by atoms with Crippen LogP contribution in [0.2, 0.25) is 0 Å². The maximum absolute atomic E-state index is 12.0. The Morgan fingerprint density at radius 1 is 1.00 bits per heavy atom. The van der Waals surface area contributed by atoms with Gasteiger partial charge in [0.1, 0.15) is 0 Å². The lowest BCUT2D eigenvalue weighted by atomic mass is 10.0. The second-order valence-corrected chi connectivity index (χ2v) is 4.63. The molecule has 2 heteroatoms. The maximum atomic E-state index is 12.0. The number of allylic oxidation sites excluding steroid dienone is 2. The van der Waals surface area contributed by atoms with E-state index in [0.717, 1.165) is 0 Å². The van der Waals surface area contributed by atoms with Crippen LogP contribution >= 0.6 is 0 Å². The van der Waals surface area contributed by atoms with Crippen LogP contribution in [0.25, 0.3) is 10.8 Å². The summed E-state index contributed by atoms with van der Waals surface area (Å²) >= 11 is 0. The van der Waals surface area contributed by atoms with Crippen LogP contribution in [-0.2, 0) is 11.3 Å². The van der Waals surface area contributed by atoms with Gasteiger partial charge in [-0.2, -0.15) is 0 Å². The molecule has 94 valence electrons. The first-order chi connectivity index (χ1) is 9.34. The number of carbonyl (C=O) groups is 1. The Morgan fingerprint density at radius 3 is 2.79 bits per heavy atom. The molecule has 0 fully saturated rings. The Labute approximate surface area is 112 Å². The Kier molecular flexibility index (Phi) is 3.15. The molecule has 2 aromatic carbocycles. The van der Waals surface area contributed by atoms with E-state index >= 15 is 0 Å². The number of amides is 1. The summed E-state index contributed by atoms with van der Waals surface area (Å²) in [5, 5.41) is 2.42. The summed E-state index contributed by atoms with van der Waals surface area (Å²) in [7, 11) is 0. The van der Waals surface area contributed by atoms with Crippen LogP contribution in [-0.4, -0.2) is 10.8 Å². The molecule has 0 radical (unpaired) electrons. The van der Waals surface area contributed by atoms with Crippen molar-refractivity contribution in [3.63, 3.8) is 0 Å². The van der Waals surface area contributed by atoms with Crippen molar-refractivity contribution in [3.05, 3.63) is 72.5 Å². The molecule has 0 N–H and O–H groups in total. The van der Waals surface area contributed by atoms with Gasteiger partial charge in [0.05, 0.1) is 6.54 Å². The molecule has 1 aliphatic heterocycles. The van der Waals surface area contributed by atoms with Crippen molar-refractivity contribution in [1.82, 2.24) is 4.90 Å². The minimum absolute atomic E-state index is 0.137. The fourth-order valence-corrected chi connectivity index (χ4v) is 2.36. The van der Waals surface area contributed by atoms with Gasteiger partial charge in [-0.1, -0.05) is 54.6 Å². The van der Waals surface area contributed by atoms with Crippen LogP contribution in [0.5, 0.6) is 0 Å². The number of rotatable bonds is 2. The largest absolute Gasteiger partial charge is 0.314 e. The molecule has 1 amide bonds. The van der Waals surface area contributed by atoms with Crippen molar-refractivity contribution >= 4 is 16.7 Å². The molecule has 0 saturated heterocycles. The number of benzene rings is 2. The average Bonchev–Trinajstić information content (AvgIpc) is 2.65. The lowest BCUT2D eigenvalue weighted by molar-refractivity contribution is -0.128. The van der Waals surface area contributed by atoms with Gasteiger partial charge in [0.2, 0.25) is 5.91 Å². The van der Waals surface area contributed by atoms with E-state index in [-0.39, 0.29) is 5.91 Å². The number of hydrogen-bond acceptors (Lipinski definition) is 1. The highest BCUT2D eigenvalue weighted by atomic mass is 16.2. The zero-order valence-electron chi connectivity index (χ0n) is 10.6. The standard InChI is InChI=1S/C17H15NO/c19-17-11-2-1-5-12-18(17)13-15-9-6-8-14-7-3-4-10-16(14)15/h1-10,12H,11,13H2. The van der Waals surface area contributed by atoms with E-state index in [2.05, 4.69) is 24.3 Å². The molecule has 0 saturated carbocycles. The van der Waals surface area contributed by atoms with E-state index in [4.69, 9.17) is 0 Å². The zero-order chi connectivity index (χ0) is 13.1. The molecular weight excluding hydrogens is 234 g/mol. The smallest absolute Gasteiger partial charge is 0.230 e. The molecule has 0 bridgehead atoms. The predicted octanol–water partition coefficient (Wildman–Crippen LogP) is 3.64. The molecule has 3 rings (SSSR count). The molecule has 0 spiro atoms. The van der Waals surface area contributed by atoms with Crippen LogP contribution in [0.3, 0.4) is 0 Å². The fourth-order valence-electron chi connectivity index (χ4n) is 2.36. The van der Waals surface area contributed by atoms with Gasteiger partial charge in [0, 0.05) is 12.6 Å². The molecule has 2 nitrogen and oxygen atoms in total. The maximum Gasteiger partial charge on any atom is 0.230 e. The Balaban J connectivity index is 1.95. The van der Waals surface area contributed by atoms with Gasteiger partial charge in [0.15, 0.2) is 0 Å². The molecule has 1 aliphatic rings. The number of hydrogen-bond donors (Lipinski definition) is 0. The highest BCUT2D eigenvalue weighted by molar-refractivity contribution is 5.86. The summed E-state index contributed by atoms with van der Waals surface area (Å²) in [4.78, 5) is 13.8. The minimum Gasteiger partial charge on any atom is -0.314 e. The van der Waals surface area contributed by atoms with Crippen molar-refractivity contribution in [2.45, 2.75) is 13.0 Å². The fraction of sp³-hybridized carbons (Fsp3) is 0.118. The molecule has 2 aromatic rings. The van der Waals surface area contributed by atoms with E-state index in [1.54, 1.807) is 4.90 Å². The molecule has 0 unspecified atom stereocenters. The monoisotopic (exact) mass is 249 g/mol. The molecule has 0 atom stereocenters. The number of fused-ring (bicyclic) bond motifs is 1. The van der Waals surface area contributed by atoms with Crippen molar-refractivity contribution in [2.75, 3.05) is 0 Å². The van der Waals surface area contributed by atoms with E-state index < -0.39 is 0 Å². The Bertz CT molecular complexity index is 665. The van der Waals surface area contributed by atoms with Crippen LogP contribution in [0.15, 0.2) is 66.9 Å². The zero-order valence-corrected chi connectivity index (χ0v) is 10.6. The van der Waals surface area contributed by atoms with Crippen molar-refractivity contribution < 1.29 is 4.79 Å². The van der Waals surface area contributed by atoms with E-state index in [0.29, 0.717) is 13.0 Å². The molecule has 19 heavy (non-hydrogen) atoms. The lowest BCUT2D eigenvalue weighted by Gasteiger charge is -2.18. The van der Waals surface area contributed by atoms with Crippen molar-refractivity contribution in [2.24, 2.45) is 0 Å². The van der Waals surface area contributed by atoms with Gasteiger partial charge in [-0.25, -0.2) is 0 Å². The summed E-state index contributed by atoms with van der Waals surface area (Å²) in [6.07, 6.45) is 8.05. The number of nitrogens with zero attached hydrogens (tertiary/aromatic N) is 1. The van der Waals surface area contributed by atoms with Crippen molar-refractivity contribution in [3.8, 4) is 0 Å². The van der Waals surface area contributed by atoms with Crippen LogP contribution in [0.4, 0.5) is 0 Å². The third kappa shape index (κ3) is 2.43. The second-order valence-electron chi connectivity index (χ2n) is 4.63. The van der Waals surface area contributed by atoms with Crippen molar-refractivity contribution in [1.29, 1.82) is 0 Å². The number of carbonyl (C=O) groups excluding carboxylic acids is 1. The predicted molar refractivity (Wildman–Crippen MR) is 77.4 cm³/mol. The minimum atomic E-state index is 0.137. The first-order valence-electron chi connectivity index (χ1n) is 6.44. The van der Waals surface area contributed by atoms with E-state index in [1.807, 2.05) is 42.6 Å². The van der Waals surface area contributed by atoms with Crippen LogP contribution < -0.4 is 0 Å². The van der Waals surface area contributed by atoms with Gasteiger partial charge in [-0.3, -0.25) is 4.79 Å². The highest BCUT2D eigenvalue weighted by Crippen LogP contribution is 2.20. The summed E-state index contributed by atoms with van der Waals surface area (Å²) in [6.45, 7) is 0.623. The summed E-state index contributed by atoms with van der Waals surface area (Å²) in [6, 6.07) is 14.5. The van der Waals surface area contributed by atoms with Gasteiger partial charge in [0.25, 0.3) is 0 Å². The first-order valence-corrected chi connectivity index (χ1v) is 6.44. The van der Waals surface area contributed by atoms with Gasteiger partial charge < -0.3 is 4.90 Å². The highest BCUT2D eigenvalue weighted by Gasteiger charge is 2.12. The molecular formula is C17H15NO. The van der Waals surface area contributed by atoms with Crippen LogP contribution in [0.1, 0.15) is 12.0 Å². The van der Waals surface area contributed by atoms with Gasteiger partial charge in [-0.15, -0.1) is 0 Å². The third-order valence-corrected chi connectivity index (χ3v) is 3.35. The molecule has 1 heterocycles. The average molecular weight is 249 g/mol. The second kappa shape index (κ2) is 5.11. The topological polar surface area (TPSA) is 20.3 Å². The summed E-state index contributed by atoms with van der Waals surface area (Å²) < 4.78 is 0. The first kappa shape index (κ1) is 11.7. The Morgan fingerprint density at radius 2 is 1.84 bits per heavy atom. The molecule has 0 aliphatic carbocycles. The summed E-state index contributed by atoms with van der Waals surface area (Å²) in [5.41, 5.74) is 1.18. The van der Waals surface area contributed by atoms with Crippen LogP contribution in [0, 0.1) is 0 Å².